The van der Waals surface area contributed by atoms with Crippen molar-refractivity contribution in [2.75, 3.05) is 0 Å². The van der Waals surface area contributed by atoms with Gasteiger partial charge in [-0.3, -0.25) is 0 Å². The van der Waals surface area contributed by atoms with E-state index in [9.17, 15) is 5.11 Å². The number of benzene rings is 1. The molecule has 0 saturated heterocycles. The van der Waals surface area contributed by atoms with Crippen molar-refractivity contribution in [1.29, 1.82) is 0 Å². The van der Waals surface area contributed by atoms with Crippen LogP contribution in [-0.4, -0.2) is 32.1 Å². The summed E-state index contributed by atoms with van der Waals surface area (Å²) in [6, 6.07) is 11.0. The molecule has 6 heteroatoms. The minimum absolute atomic E-state index is 0.132. The van der Waals surface area contributed by atoms with Crippen molar-refractivity contribution in [3.05, 3.63) is 53.7 Å². The molecular formula is C26H29N3O3. The first-order chi connectivity index (χ1) is 15.1. The van der Waals surface area contributed by atoms with E-state index < -0.39 is 0 Å². The van der Waals surface area contributed by atoms with Crippen LogP contribution < -0.4 is 4.74 Å². The molecule has 2 aliphatic rings. The van der Waals surface area contributed by atoms with Crippen molar-refractivity contribution < 1.29 is 14.6 Å². The van der Waals surface area contributed by atoms with Crippen LogP contribution in [0.1, 0.15) is 58.1 Å². The predicted molar refractivity (Wildman–Crippen MR) is 125 cm³/mol. The summed E-state index contributed by atoms with van der Waals surface area (Å²) in [5.41, 5.74) is 1.99. The van der Waals surface area contributed by atoms with Gasteiger partial charge in [-0.15, -0.1) is 0 Å². The zero-order valence-electron chi connectivity index (χ0n) is 19.3. The SMILES string of the molecule is Cc1cc(O)c2nc(Oc3cc(C4=N[C@@]5(C)CC(C)(C)CC[C@]5(C)O4)ccn3)ccc2c1. The average molecular weight is 432 g/mol. The van der Waals surface area contributed by atoms with Gasteiger partial charge >= 0.3 is 0 Å². The second kappa shape index (κ2) is 6.92. The van der Waals surface area contributed by atoms with Gasteiger partial charge in [-0.25, -0.2) is 15.0 Å². The number of aliphatic imine (C=N–C) groups is 1. The lowest BCUT2D eigenvalue weighted by molar-refractivity contribution is -0.0361. The van der Waals surface area contributed by atoms with Crippen molar-refractivity contribution in [1.82, 2.24) is 9.97 Å². The Bertz CT molecular complexity index is 1250. The highest BCUT2D eigenvalue weighted by molar-refractivity contribution is 5.96. The van der Waals surface area contributed by atoms with Gasteiger partial charge in [-0.2, -0.15) is 0 Å². The number of hydrogen-bond donors (Lipinski definition) is 1. The average Bonchev–Trinajstić information content (AvgIpc) is 2.98. The Morgan fingerprint density at radius 3 is 2.62 bits per heavy atom. The third kappa shape index (κ3) is 3.48. The highest BCUT2D eigenvalue weighted by Gasteiger charge is 2.57. The van der Waals surface area contributed by atoms with Crippen LogP contribution in [0.5, 0.6) is 17.5 Å². The fourth-order valence-corrected chi connectivity index (χ4v) is 5.06. The van der Waals surface area contributed by atoms with Gasteiger partial charge in [0.25, 0.3) is 0 Å². The molecule has 1 aliphatic carbocycles. The molecule has 1 aliphatic heterocycles. The molecule has 166 valence electrons. The van der Waals surface area contributed by atoms with Gasteiger partial charge in [0.1, 0.15) is 22.4 Å². The van der Waals surface area contributed by atoms with Crippen LogP contribution in [-0.2, 0) is 4.74 Å². The van der Waals surface area contributed by atoms with E-state index in [2.05, 4.69) is 37.7 Å². The largest absolute Gasteiger partial charge is 0.506 e. The molecule has 6 nitrogen and oxygen atoms in total. The topological polar surface area (TPSA) is 76.8 Å². The van der Waals surface area contributed by atoms with Gasteiger partial charge in [0, 0.05) is 29.3 Å². The number of aromatic nitrogens is 2. The highest BCUT2D eigenvalue weighted by atomic mass is 16.5. The van der Waals surface area contributed by atoms with E-state index in [1.54, 1.807) is 18.3 Å². The highest BCUT2D eigenvalue weighted by Crippen LogP contribution is 2.53. The van der Waals surface area contributed by atoms with Gasteiger partial charge in [0.2, 0.25) is 17.7 Å². The van der Waals surface area contributed by atoms with Gasteiger partial charge in [-0.05, 0) is 75.3 Å². The number of pyridine rings is 2. The molecule has 0 spiro atoms. The first kappa shape index (κ1) is 20.7. The Balaban J connectivity index is 1.43. The Morgan fingerprint density at radius 1 is 1.00 bits per heavy atom. The molecule has 32 heavy (non-hydrogen) atoms. The van der Waals surface area contributed by atoms with E-state index in [-0.39, 0.29) is 22.3 Å². The van der Waals surface area contributed by atoms with Crippen LogP contribution in [0.2, 0.25) is 0 Å². The second-order valence-corrected chi connectivity index (χ2v) is 10.4. The standard InChI is InChI=1S/C26H29N3O3/c1-16-12-17-6-7-20(28-22(17)19(30)13-16)31-21-14-18(8-11-27-21)23-29-25(4)15-24(2,3)9-10-26(25,5)32-23/h6-8,11-14,30H,9-10,15H2,1-5H3/t25-,26-/m0/s1. The number of phenolic OH excluding ortho intramolecular Hbond substituents is 1. The summed E-state index contributed by atoms with van der Waals surface area (Å²) < 4.78 is 12.4. The minimum atomic E-state index is -0.308. The molecule has 1 aromatic carbocycles. The summed E-state index contributed by atoms with van der Waals surface area (Å²) in [4.78, 5) is 13.8. The summed E-state index contributed by atoms with van der Waals surface area (Å²) in [5, 5.41) is 11.1. The zero-order chi connectivity index (χ0) is 22.7. The third-order valence-electron chi connectivity index (χ3n) is 6.99. The van der Waals surface area contributed by atoms with E-state index in [1.165, 1.54) is 0 Å². The molecule has 0 amide bonds. The lowest BCUT2D eigenvalue weighted by Gasteiger charge is -2.48. The number of phenols is 1. The lowest BCUT2D eigenvalue weighted by Crippen LogP contribution is -2.53. The van der Waals surface area contributed by atoms with Crippen LogP contribution in [0.15, 0.2) is 47.6 Å². The van der Waals surface area contributed by atoms with Crippen molar-refractivity contribution in [3.8, 4) is 17.5 Å². The van der Waals surface area contributed by atoms with Crippen LogP contribution in [0, 0.1) is 12.3 Å². The third-order valence-corrected chi connectivity index (χ3v) is 6.99. The molecule has 0 radical (unpaired) electrons. The van der Waals surface area contributed by atoms with Gasteiger partial charge in [0.15, 0.2) is 0 Å². The van der Waals surface area contributed by atoms with Crippen molar-refractivity contribution in [2.45, 2.75) is 65.0 Å². The molecule has 2 aromatic heterocycles. The minimum Gasteiger partial charge on any atom is -0.506 e. The van der Waals surface area contributed by atoms with Gasteiger partial charge in [0.05, 0.1) is 0 Å². The fraction of sp³-hybridized carbons (Fsp3) is 0.423. The van der Waals surface area contributed by atoms with Crippen LogP contribution in [0.3, 0.4) is 0 Å². The summed E-state index contributed by atoms with van der Waals surface area (Å²) in [6.45, 7) is 10.9. The molecule has 0 bridgehead atoms. The summed E-state index contributed by atoms with van der Waals surface area (Å²) in [5.74, 6) is 1.54. The first-order valence-corrected chi connectivity index (χ1v) is 11.1. The molecule has 2 atom stereocenters. The van der Waals surface area contributed by atoms with Crippen LogP contribution in [0.25, 0.3) is 10.9 Å². The summed E-state index contributed by atoms with van der Waals surface area (Å²) in [6.07, 6.45) is 4.77. The molecule has 3 heterocycles. The van der Waals surface area contributed by atoms with E-state index >= 15 is 0 Å². The van der Waals surface area contributed by atoms with Gasteiger partial charge < -0.3 is 14.6 Å². The summed E-state index contributed by atoms with van der Waals surface area (Å²) in [7, 11) is 0. The number of hydrogen-bond acceptors (Lipinski definition) is 6. The number of fused-ring (bicyclic) bond motifs is 2. The quantitative estimate of drug-likeness (QED) is 0.555. The van der Waals surface area contributed by atoms with E-state index in [1.807, 2.05) is 31.2 Å². The van der Waals surface area contributed by atoms with E-state index in [0.29, 0.717) is 23.2 Å². The molecule has 1 saturated carbocycles. The van der Waals surface area contributed by atoms with E-state index in [4.69, 9.17) is 14.5 Å². The number of rotatable bonds is 3. The van der Waals surface area contributed by atoms with E-state index in [0.717, 1.165) is 35.8 Å². The normalized spacial score (nSPS) is 26.3. The lowest BCUT2D eigenvalue weighted by atomic mass is 9.62. The smallest absolute Gasteiger partial charge is 0.222 e. The molecule has 0 unspecified atom stereocenters. The first-order valence-electron chi connectivity index (χ1n) is 11.1. The molecule has 5 rings (SSSR count). The van der Waals surface area contributed by atoms with Crippen LogP contribution in [0.4, 0.5) is 0 Å². The molecular weight excluding hydrogens is 402 g/mol. The number of aryl methyl sites for hydroxylation is 1. The fourth-order valence-electron chi connectivity index (χ4n) is 5.06. The Kier molecular flexibility index (Phi) is 4.49. The molecule has 1 N–H and O–H groups in total. The Hall–Kier alpha value is -3.15. The summed E-state index contributed by atoms with van der Waals surface area (Å²) >= 11 is 0. The number of aromatic hydroxyl groups is 1. The molecule has 1 fully saturated rings. The van der Waals surface area contributed by atoms with Gasteiger partial charge in [-0.1, -0.05) is 13.8 Å². The van der Waals surface area contributed by atoms with Crippen molar-refractivity contribution in [3.63, 3.8) is 0 Å². The Labute approximate surface area is 188 Å². The maximum absolute atomic E-state index is 10.3. The maximum Gasteiger partial charge on any atom is 0.222 e. The van der Waals surface area contributed by atoms with Crippen LogP contribution >= 0.6 is 0 Å². The maximum atomic E-state index is 10.3. The predicted octanol–water partition coefficient (Wildman–Crippen LogP) is 5.94. The number of ether oxygens (including phenoxy) is 2. The number of nitrogens with zero attached hydrogens (tertiary/aromatic N) is 3. The molecule has 3 aromatic rings. The zero-order valence-corrected chi connectivity index (χ0v) is 19.3. The van der Waals surface area contributed by atoms with Crippen molar-refractivity contribution >= 4 is 16.8 Å². The monoisotopic (exact) mass is 431 g/mol. The Morgan fingerprint density at radius 2 is 1.81 bits per heavy atom. The second-order valence-electron chi connectivity index (χ2n) is 10.4. The van der Waals surface area contributed by atoms with Crippen molar-refractivity contribution in [2.24, 2.45) is 10.4 Å².